The molecule has 1 amide bonds. The molecule has 116 valence electrons. The predicted octanol–water partition coefficient (Wildman–Crippen LogP) is 5.36. The van der Waals surface area contributed by atoms with Gasteiger partial charge in [-0.05, 0) is 55.8 Å². The Bertz CT molecular complexity index is 704. The van der Waals surface area contributed by atoms with E-state index in [1.807, 2.05) is 6.92 Å². The van der Waals surface area contributed by atoms with E-state index in [0.717, 1.165) is 5.56 Å². The number of carbonyl (C=O) groups is 1. The zero-order chi connectivity index (χ0) is 16.3. The van der Waals surface area contributed by atoms with Gasteiger partial charge in [-0.2, -0.15) is 0 Å². The molecule has 1 N–H and O–H groups in total. The van der Waals surface area contributed by atoms with E-state index in [-0.39, 0.29) is 5.91 Å². The first-order valence-electron chi connectivity index (χ1n) is 6.55. The van der Waals surface area contributed by atoms with E-state index in [2.05, 4.69) is 5.32 Å². The molecule has 0 spiro atoms. The van der Waals surface area contributed by atoms with Crippen LogP contribution in [0.4, 0.5) is 5.69 Å². The maximum Gasteiger partial charge on any atom is 0.265 e. The molecule has 0 heterocycles. The molecule has 0 fully saturated rings. The van der Waals surface area contributed by atoms with Crippen molar-refractivity contribution < 1.29 is 9.53 Å². The molecule has 2 aromatic carbocycles. The third-order valence-electron chi connectivity index (χ3n) is 3.00. The highest BCUT2D eigenvalue weighted by atomic mass is 35.5. The predicted molar refractivity (Wildman–Crippen MR) is 91.4 cm³/mol. The monoisotopic (exact) mass is 357 g/mol. The van der Waals surface area contributed by atoms with Gasteiger partial charge in [-0.3, -0.25) is 4.79 Å². The summed E-state index contributed by atoms with van der Waals surface area (Å²) < 4.78 is 5.66. The Balaban J connectivity index is 2.05. The lowest BCUT2D eigenvalue weighted by molar-refractivity contribution is -0.122. The largest absolute Gasteiger partial charge is 0.481 e. The molecule has 0 aliphatic rings. The average molecular weight is 359 g/mol. The van der Waals surface area contributed by atoms with Crippen molar-refractivity contribution in [2.45, 2.75) is 20.0 Å². The fourth-order valence-electron chi connectivity index (χ4n) is 1.81. The van der Waals surface area contributed by atoms with Gasteiger partial charge in [-0.25, -0.2) is 0 Å². The molecule has 0 saturated carbocycles. The zero-order valence-electron chi connectivity index (χ0n) is 12.0. The maximum absolute atomic E-state index is 12.2. The minimum atomic E-state index is -0.688. The minimum absolute atomic E-state index is 0.307. The van der Waals surface area contributed by atoms with Crippen LogP contribution in [-0.2, 0) is 4.79 Å². The average Bonchev–Trinajstić information content (AvgIpc) is 2.44. The molecular formula is C16H14Cl3NO2. The maximum atomic E-state index is 12.2. The van der Waals surface area contributed by atoms with E-state index in [1.165, 1.54) is 0 Å². The summed E-state index contributed by atoms with van der Waals surface area (Å²) in [6, 6.07) is 10.1. The SMILES string of the molecule is Cc1cc(Cl)ccc1O[C@@H](C)C(=O)Nc1ccc(Cl)cc1Cl. The number of anilines is 1. The number of hydrogen-bond donors (Lipinski definition) is 1. The highest BCUT2D eigenvalue weighted by molar-refractivity contribution is 6.36. The lowest BCUT2D eigenvalue weighted by Gasteiger charge is -2.17. The van der Waals surface area contributed by atoms with Crippen molar-refractivity contribution >= 4 is 46.4 Å². The molecule has 3 nitrogen and oxygen atoms in total. The summed E-state index contributed by atoms with van der Waals surface area (Å²) in [4.78, 5) is 12.2. The zero-order valence-corrected chi connectivity index (χ0v) is 14.3. The van der Waals surface area contributed by atoms with Crippen molar-refractivity contribution in [1.29, 1.82) is 0 Å². The molecule has 1 atom stereocenters. The van der Waals surface area contributed by atoms with Crippen LogP contribution in [-0.4, -0.2) is 12.0 Å². The molecule has 0 radical (unpaired) electrons. The lowest BCUT2D eigenvalue weighted by Crippen LogP contribution is -2.30. The number of nitrogens with one attached hydrogen (secondary N) is 1. The molecule has 2 aromatic rings. The van der Waals surface area contributed by atoms with Crippen LogP contribution in [0.2, 0.25) is 15.1 Å². The molecule has 0 aliphatic heterocycles. The highest BCUT2D eigenvalue weighted by Crippen LogP contribution is 2.26. The standard InChI is InChI=1S/C16H14Cl3NO2/c1-9-7-11(17)4-6-15(9)22-10(2)16(21)20-14-5-3-12(18)8-13(14)19/h3-8,10H,1-2H3,(H,20,21)/t10-/m0/s1. The van der Waals surface area contributed by atoms with Gasteiger partial charge in [-0.15, -0.1) is 0 Å². The molecule has 6 heteroatoms. The lowest BCUT2D eigenvalue weighted by atomic mass is 10.2. The summed E-state index contributed by atoms with van der Waals surface area (Å²) in [5, 5.41) is 4.20. The summed E-state index contributed by atoms with van der Waals surface area (Å²) in [5.74, 6) is 0.299. The Kier molecular flexibility index (Phi) is 5.57. The van der Waals surface area contributed by atoms with E-state index >= 15 is 0 Å². The summed E-state index contributed by atoms with van der Waals surface area (Å²) in [6.07, 6.45) is -0.688. The first-order chi connectivity index (χ1) is 10.4. The first-order valence-corrected chi connectivity index (χ1v) is 7.69. The number of aryl methyl sites for hydroxylation is 1. The number of halogens is 3. The topological polar surface area (TPSA) is 38.3 Å². The second-order valence-electron chi connectivity index (χ2n) is 4.78. The molecule has 0 aliphatic carbocycles. The smallest absolute Gasteiger partial charge is 0.265 e. The minimum Gasteiger partial charge on any atom is -0.481 e. The molecule has 22 heavy (non-hydrogen) atoms. The van der Waals surface area contributed by atoms with E-state index in [4.69, 9.17) is 39.5 Å². The Morgan fingerprint density at radius 1 is 1.09 bits per heavy atom. The van der Waals surface area contributed by atoms with Gasteiger partial charge >= 0.3 is 0 Å². The summed E-state index contributed by atoms with van der Waals surface area (Å²) in [5.41, 5.74) is 1.34. The Morgan fingerprint density at radius 2 is 1.73 bits per heavy atom. The van der Waals surface area contributed by atoms with E-state index in [9.17, 15) is 4.79 Å². The summed E-state index contributed by atoms with van der Waals surface area (Å²) in [6.45, 7) is 3.52. The second kappa shape index (κ2) is 7.23. The number of hydrogen-bond acceptors (Lipinski definition) is 2. The van der Waals surface area contributed by atoms with Gasteiger partial charge in [0.15, 0.2) is 6.10 Å². The van der Waals surface area contributed by atoms with Crippen LogP contribution in [0.3, 0.4) is 0 Å². The Labute approximate surface area is 144 Å². The van der Waals surface area contributed by atoms with E-state index in [1.54, 1.807) is 43.3 Å². The van der Waals surface area contributed by atoms with Crippen molar-refractivity contribution in [3.63, 3.8) is 0 Å². The van der Waals surface area contributed by atoms with Crippen LogP contribution in [0.1, 0.15) is 12.5 Å². The fourth-order valence-corrected chi connectivity index (χ4v) is 2.50. The van der Waals surface area contributed by atoms with Crippen molar-refractivity contribution in [2.24, 2.45) is 0 Å². The summed E-state index contributed by atoms with van der Waals surface area (Å²) >= 11 is 17.7. The van der Waals surface area contributed by atoms with Crippen LogP contribution in [0.25, 0.3) is 0 Å². The molecule has 0 aromatic heterocycles. The van der Waals surface area contributed by atoms with Crippen LogP contribution in [0.5, 0.6) is 5.75 Å². The van der Waals surface area contributed by atoms with Crippen molar-refractivity contribution in [2.75, 3.05) is 5.32 Å². The van der Waals surface area contributed by atoms with Gasteiger partial charge in [0.25, 0.3) is 5.91 Å². The van der Waals surface area contributed by atoms with Gasteiger partial charge in [0.05, 0.1) is 10.7 Å². The quantitative estimate of drug-likeness (QED) is 0.799. The van der Waals surface area contributed by atoms with Gasteiger partial charge in [0, 0.05) is 10.0 Å². The van der Waals surface area contributed by atoms with E-state index in [0.29, 0.717) is 26.5 Å². The third-order valence-corrected chi connectivity index (χ3v) is 3.78. The summed E-state index contributed by atoms with van der Waals surface area (Å²) in [7, 11) is 0. The number of amides is 1. The molecular weight excluding hydrogens is 345 g/mol. The fraction of sp³-hybridized carbons (Fsp3) is 0.188. The second-order valence-corrected chi connectivity index (χ2v) is 6.06. The van der Waals surface area contributed by atoms with Crippen LogP contribution < -0.4 is 10.1 Å². The molecule has 2 rings (SSSR count). The van der Waals surface area contributed by atoms with Crippen molar-refractivity contribution in [3.8, 4) is 5.75 Å². The third kappa shape index (κ3) is 4.29. The Hall–Kier alpha value is -1.42. The van der Waals surface area contributed by atoms with E-state index < -0.39 is 6.10 Å². The van der Waals surface area contributed by atoms with Gasteiger partial charge in [-0.1, -0.05) is 34.8 Å². The van der Waals surface area contributed by atoms with Crippen LogP contribution >= 0.6 is 34.8 Å². The first kappa shape index (κ1) is 16.9. The number of rotatable bonds is 4. The van der Waals surface area contributed by atoms with Crippen molar-refractivity contribution in [1.82, 2.24) is 0 Å². The van der Waals surface area contributed by atoms with Crippen LogP contribution in [0.15, 0.2) is 36.4 Å². The van der Waals surface area contributed by atoms with Crippen LogP contribution in [0, 0.1) is 6.92 Å². The highest BCUT2D eigenvalue weighted by Gasteiger charge is 2.17. The van der Waals surface area contributed by atoms with Gasteiger partial charge < -0.3 is 10.1 Å². The molecule has 0 saturated heterocycles. The molecule has 0 unspecified atom stereocenters. The normalized spacial score (nSPS) is 11.9. The molecule has 0 bridgehead atoms. The Morgan fingerprint density at radius 3 is 2.36 bits per heavy atom. The van der Waals surface area contributed by atoms with Gasteiger partial charge in [0.2, 0.25) is 0 Å². The number of benzene rings is 2. The number of ether oxygens (including phenoxy) is 1. The number of carbonyl (C=O) groups excluding carboxylic acids is 1. The van der Waals surface area contributed by atoms with Gasteiger partial charge in [0.1, 0.15) is 5.75 Å². The van der Waals surface area contributed by atoms with Crippen molar-refractivity contribution in [3.05, 3.63) is 57.0 Å².